The number of anilines is 2. The first-order valence-corrected chi connectivity index (χ1v) is 9.21. The fourth-order valence-electron chi connectivity index (χ4n) is 2.95. The van der Waals surface area contributed by atoms with E-state index in [-0.39, 0.29) is 17.5 Å². The van der Waals surface area contributed by atoms with Gasteiger partial charge in [-0.2, -0.15) is 0 Å². The summed E-state index contributed by atoms with van der Waals surface area (Å²) in [4.78, 5) is 31.5. The lowest BCUT2D eigenvalue weighted by Gasteiger charge is -2.21. The molecule has 142 valence electrons. The molecule has 0 aliphatic carbocycles. The molecule has 0 unspecified atom stereocenters. The average molecular weight is 373 g/mol. The molecule has 28 heavy (non-hydrogen) atoms. The lowest BCUT2D eigenvalue weighted by Crippen LogP contribution is -2.31. The van der Waals surface area contributed by atoms with Crippen molar-refractivity contribution in [3.8, 4) is 0 Å². The van der Waals surface area contributed by atoms with Crippen molar-refractivity contribution in [1.29, 1.82) is 0 Å². The number of benzene rings is 2. The average Bonchev–Trinajstić information content (AvgIpc) is 2.72. The predicted octanol–water partition coefficient (Wildman–Crippen LogP) is 4.62. The second kappa shape index (κ2) is 8.48. The van der Waals surface area contributed by atoms with Crippen LogP contribution in [0.15, 0.2) is 66.9 Å². The smallest absolute Gasteiger partial charge is 0.274 e. The van der Waals surface area contributed by atoms with Gasteiger partial charge in [0.15, 0.2) is 0 Å². The number of aromatic nitrogens is 1. The van der Waals surface area contributed by atoms with Gasteiger partial charge in [-0.1, -0.05) is 30.3 Å². The van der Waals surface area contributed by atoms with Gasteiger partial charge in [0.1, 0.15) is 5.69 Å². The fraction of sp³-hybridized carbons (Fsp3) is 0.174. The van der Waals surface area contributed by atoms with E-state index in [0.29, 0.717) is 12.1 Å². The highest BCUT2D eigenvalue weighted by Gasteiger charge is 2.18. The van der Waals surface area contributed by atoms with Crippen LogP contribution >= 0.6 is 0 Å². The molecule has 3 aromatic rings. The Morgan fingerprint density at radius 2 is 1.75 bits per heavy atom. The highest BCUT2D eigenvalue weighted by molar-refractivity contribution is 6.09. The number of hydrogen-bond acceptors (Lipinski definition) is 3. The number of nitrogens with one attached hydrogen (secondary N) is 1. The summed E-state index contributed by atoms with van der Waals surface area (Å²) in [5, 5.41) is 2.88. The molecule has 0 aliphatic heterocycles. The third-order valence-electron chi connectivity index (χ3n) is 4.51. The van der Waals surface area contributed by atoms with Gasteiger partial charge >= 0.3 is 0 Å². The topological polar surface area (TPSA) is 62.3 Å². The van der Waals surface area contributed by atoms with Crippen molar-refractivity contribution < 1.29 is 9.59 Å². The third-order valence-corrected chi connectivity index (χ3v) is 4.51. The van der Waals surface area contributed by atoms with Crippen LogP contribution in [0.3, 0.4) is 0 Å². The van der Waals surface area contributed by atoms with Crippen molar-refractivity contribution in [1.82, 2.24) is 4.98 Å². The zero-order chi connectivity index (χ0) is 20.1. The van der Waals surface area contributed by atoms with E-state index in [2.05, 4.69) is 10.3 Å². The Hall–Kier alpha value is -3.47. The van der Waals surface area contributed by atoms with Crippen LogP contribution in [0.4, 0.5) is 11.4 Å². The summed E-state index contributed by atoms with van der Waals surface area (Å²) in [6, 6.07) is 18.5. The number of carbonyl (C=O) groups excluding carboxylic acids is 2. The molecule has 0 bridgehead atoms. The van der Waals surface area contributed by atoms with Crippen molar-refractivity contribution >= 4 is 23.2 Å². The molecule has 0 saturated heterocycles. The van der Waals surface area contributed by atoms with E-state index in [9.17, 15) is 9.59 Å². The van der Waals surface area contributed by atoms with Gasteiger partial charge < -0.3 is 10.2 Å². The van der Waals surface area contributed by atoms with Gasteiger partial charge in [0.2, 0.25) is 0 Å². The summed E-state index contributed by atoms with van der Waals surface area (Å²) in [5.41, 5.74) is 4.20. The summed E-state index contributed by atoms with van der Waals surface area (Å²) < 4.78 is 0. The normalized spacial score (nSPS) is 10.4. The second-order valence-electron chi connectivity index (χ2n) is 6.59. The van der Waals surface area contributed by atoms with Crippen molar-refractivity contribution in [3.05, 3.63) is 89.2 Å². The Morgan fingerprint density at radius 3 is 2.46 bits per heavy atom. The summed E-state index contributed by atoms with van der Waals surface area (Å²) in [6.45, 7) is 6.34. The molecule has 1 aromatic heterocycles. The SMILES string of the molecule is CCN(C(=O)c1ccnc(C(=O)Nc2cc(C)ccc2C)c1)c1ccccc1. The minimum atomic E-state index is -0.342. The van der Waals surface area contributed by atoms with E-state index in [1.807, 2.05) is 69.3 Å². The first-order chi connectivity index (χ1) is 13.5. The summed E-state index contributed by atoms with van der Waals surface area (Å²) in [7, 11) is 0. The van der Waals surface area contributed by atoms with Gasteiger partial charge in [0, 0.05) is 29.7 Å². The molecular formula is C23H23N3O2. The number of aryl methyl sites for hydroxylation is 2. The van der Waals surface area contributed by atoms with Gasteiger partial charge in [-0.15, -0.1) is 0 Å². The zero-order valence-corrected chi connectivity index (χ0v) is 16.3. The molecule has 0 atom stereocenters. The minimum Gasteiger partial charge on any atom is -0.320 e. The zero-order valence-electron chi connectivity index (χ0n) is 16.3. The van der Waals surface area contributed by atoms with E-state index < -0.39 is 0 Å². The van der Waals surface area contributed by atoms with Crippen molar-refractivity contribution in [2.24, 2.45) is 0 Å². The molecule has 3 rings (SSSR count). The first kappa shape index (κ1) is 19.3. The van der Waals surface area contributed by atoms with Gasteiger partial charge in [-0.25, -0.2) is 0 Å². The number of pyridine rings is 1. The number of rotatable bonds is 5. The fourth-order valence-corrected chi connectivity index (χ4v) is 2.95. The van der Waals surface area contributed by atoms with Crippen LogP contribution < -0.4 is 10.2 Å². The molecule has 0 radical (unpaired) electrons. The Labute approximate surface area is 165 Å². The van der Waals surface area contributed by atoms with Gasteiger partial charge in [-0.3, -0.25) is 14.6 Å². The Bertz CT molecular complexity index is 1000. The number of carbonyl (C=O) groups is 2. The van der Waals surface area contributed by atoms with Gasteiger partial charge in [0.05, 0.1) is 0 Å². The standard InChI is InChI=1S/C23H23N3O2/c1-4-26(19-8-6-5-7-9-19)23(28)18-12-13-24-21(15-18)22(27)25-20-14-16(2)10-11-17(20)3/h5-15H,4H2,1-3H3,(H,25,27). The highest BCUT2D eigenvalue weighted by atomic mass is 16.2. The van der Waals surface area contributed by atoms with Crippen molar-refractivity contribution in [2.45, 2.75) is 20.8 Å². The Morgan fingerprint density at radius 1 is 1.00 bits per heavy atom. The molecule has 0 spiro atoms. The molecule has 5 heteroatoms. The van der Waals surface area contributed by atoms with Crippen LogP contribution in [0.5, 0.6) is 0 Å². The molecule has 5 nitrogen and oxygen atoms in total. The maximum Gasteiger partial charge on any atom is 0.274 e. The van der Waals surface area contributed by atoms with Crippen LogP contribution in [0, 0.1) is 13.8 Å². The van der Waals surface area contributed by atoms with Crippen LogP contribution in [-0.4, -0.2) is 23.3 Å². The molecule has 0 aliphatic rings. The molecular weight excluding hydrogens is 350 g/mol. The summed E-state index contributed by atoms with van der Waals surface area (Å²) in [6.07, 6.45) is 1.49. The van der Waals surface area contributed by atoms with E-state index >= 15 is 0 Å². The quantitative estimate of drug-likeness (QED) is 0.710. The molecule has 1 heterocycles. The lowest BCUT2D eigenvalue weighted by atomic mass is 10.1. The van der Waals surface area contributed by atoms with Gasteiger partial charge in [0.25, 0.3) is 11.8 Å². The Kier molecular flexibility index (Phi) is 5.84. The third kappa shape index (κ3) is 4.26. The lowest BCUT2D eigenvalue weighted by molar-refractivity contribution is 0.0988. The minimum absolute atomic E-state index is 0.170. The number of hydrogen-bond donors (Lipinski definition) is 1. The predicted molar refractivity (Wildman–Crippen MR) is 112 cm³/mol. The van der Waals surface area contributed by atoms with Crippen LogP contribution in [0.1, 0.15) is 38.9 Å². The molecule has 2 aromatic carbocycles. The number of nitrogens with zero attached hydrogens (tertiary/aromatic N) is 2. The monoisotopic (exact) mass is 373 g/mol. The maximum atomic E-state index is 13.0. The first-order valence-electron chi connectivity index (χ1n) is 9.21. The van der Waals surface area contributed by atoms with E-state index in [4.69, 9.17) is 0 Å². The molecule has 0 saturated carbocycles. The van der Waals surface area contributed by atoms with Crippen molar-refractivity contribution in [3.63, 3.8) is 0 Å². The number of amides is 2. The molecule has 1 N–H and O–H groups in total. The van der Waals surface area contributed by atoms with E-state index in [1.165, 1.54) is 12.3 Å². The maximum absolute atomic E-state index is 13.0. The number of para-hydroxylation sites is 1. The van der Waals surface area contributed by atoms with Crippen LogP contribution in [-0.2, 0) is 0 Å². The van der Waals surface area contributed by atoms with Gasteiger partial charge in [-0.05, 0) is 62.2 Å². The van der Waals surface area contributed by atoms with Crippen molar-refractivity contribution in [2.75, 3.05) is 16.8 Å². The van der Waals surface area contributed by atoms with Crippen LogP contribution in [0.2, 0.25) is 0 Å². The van der Waals surface area contributed by atoms with Crippen LogP contribution in [0.25, 0.3) is 0 Å². The molecule has 2 amide bonds. The second-order valence-corrected chi connectivity index (χ2v) is 6.59. The summed E-state index contributed by atoms with van der Waals surface area (Å²) >= 11 is 0. The largest absolute Gasteiger partial charge is 0.320 e. The molecule has 0 fully saturated rings. The van der Waals surface area contributed by atoms with E-state index in [1.54, 1.807) is 11.0 Å². The van der Waals surface area contributed by atoms with E-state index in [0.717, 1.165) is 22.5 Å². The summed E-state index contributed by atoms with van der Waals surface area (Å²) in [5.74, 6) is -0.511. The Balaban J connectivity index is 1.84. The highest BCUT2D eigenvalue weighted by Crippen LogP contribution is 2.19.